The first-order valence-corrected chi connectivity index (χ1v) is 7.31. The highest BCUT2D eigenvalue weighted by molar-refractivity contribution is 7.89. The number of hydrogen-bond acceptors (Lipinski definition) is 4. The van der Waals surface area contributed by atoms with Crippen molar-refractivity contribution in [1.29, 1.82) is 0 Å². The van der Waals surface area contributed by atoms with Gasteiger partial charge in [-0.1, -0.05) is 6.92 Å². The molecule has 1 aromatic rings. The molecule has 6 nitrogen and oxygen atoms in total. The lowest BCUT2D eigenvalue weighted by atomic mass is 10.1. The Hall–Kier alpha value is -1.67. The summed E-state index contributed by atoms with van der Waals surface area (Å²) in [4.78, 5) is 11.7. The van der Waals surface area contributed by atoms with Gasteiger partial charge >= 0.3 is 0 Å². The van der Waals surface area contributed by atoms with Crippen LogP contribution in [-0.2, 0) is 10.0 Å². The third kappa shape index (κ3) is 4.84. The van der Waals surface area contributed by atoms with Crippen molar-refractivity contribution in [2.75, 3.05) is 24.6 Å². The molecule has 0 aromatic heterocycles. The van der Waals surface area contributed by atoms with E-state index in [1.165, 1.54) is 6.07 Å². The number of hydrogen-bond donors (Lipinski definition) is 3. The standard InChI is InChI=1S/C11H16FN3O3S/c1-2-15-19(17,18)6-5-14-11(16)9-4-3-8(12)7-10(9)13/h3-4,7,15H,2,5-6,13H2,1H3,(H,14,16). The van der Waals surface area contributed by atoms with E-state index in [4.69, 9.17) is 5.73 Å². The molecule has 106 valence electrons. The third-order valence-corrected chi connectivity index (χ3v) is 3.75. The molecule has 0 heterocycles. The van der Waals surface area contributed by atoms with E-state index in [-0.39, 0.29) is 23.5 Å². The van der Waals surface area contributed by atoms with Gasteiger partial charge in [0.15, 0.2) is 0 Å². The molecule has 0 aliphatic rings. The fourth-order valence-electron chi connectivity index (χ4n) is 1.43. The summed E-state index contributed by atoms with van der Waals surface area (Å²) in [6.07, 6.45) is 0. The molecular weight excluding hydrogens is 273 g/mol. The highest BCUT2D eigenvalue weighted by Crippen LogP contribution is 2.12. The van der Waals surface area contributed by atoms with E-state index < -0.39 is 21.7 Å². The fourth-order valence-corrected chi connectivity index (χ4v) is 2.38. The fraction of sp³-hybridized carbons (Fsp3) is 0.364. The van der Waals surface area contributed by atoms with Crippen molar-refractivity contribution in [2.45, 2.75) is 6.92 Å². The molecule has 0 unspecified atom stereocenters. The van der Waals surface area contributed by atoms with E-state index in [2.05, 4.69) is 10.0 Å². The van der Waals surface area contributed by atoms with Gasteiger partial charge in [-0.15, -0.1) is 0 Å². The topological polar surface area (TPSA) is 101 Å². The predicted molar refractivity (Wildman–Crippen MR) is 70.6 cm³/mol. The molecule has 0 aliphatic carbocycles. The summed E-state index contributed by atoms with van der Waals surface area (Å²) in [5, 5.41) is 2.41. The SMILES string of the molecule is CCNS(=O)(=O)CCNC(=O)c1ccc(F)cc1N. The highest BCUT2D eigenvalue weighted by atomic mass is 32.2. The van der Waals surface area contributed by atoms with Gasteiger partial charge in [0.1, 0.15) is 5.82 Å². The van der Waals surface area contributed by atoms with E-state index in [9.17, 15) is 17.6 Å². The number of rotatable bonds is 6. The van der Waals surface area contributed by atoms with E-state index in [1.807, 2.05) is 0 Å². The predicted octanol–water partition coefficient (Wildman–Crippen LogP) is 0.0770. The molecule has 0 bridgehead atoms. The summed E-state index contributed by atoms with van der Waals surface area (Å²) in [6.45, 7) is 1.90. The van der Waals surface area contributed by atoms with Gasteiger partial charge in [0.25, 0.3) is 5.91 Å². The van der Waals surface area contributed by atoms with E-state index in [0.29, 0.717) is 6.54 Å². The first kappa shape index (κ1) is 15.4. The molecule has 0 atom stereocenters. The molecule has 1 aromatic carbocycles. The van der Waals surface area contributed by atoms with Crippen molar-refractivity contribution in [3.8, 4) is 0 Å². The summed E-state index contributed by atoms with van der Waals surface area (Å²) in [7, 11) is -3.38. The van der Waals surface area contributed by atoms with Crippen LogP contribution in [0.3, 0.4) is 0 Å². The molecule has 0 aliphatic heterocycles. The molecule has 19 heavy (non-hydrogen) atoms. The van der Waals surface area contributed by atoms with Gasteiger partial charge in [-0.05, 0) is 18.2 Å². The summed E-state index contributed by atoms with van der Waals surface area (Å²) in [5.41, 5.74) is 5.62. The average Bonchev–Trinajstić information content (AvgIpc) is 2.28. The quantitative estimate of drug-likeness (QED) is 0.645. The second-order valence-corrected chi connectivity index (χ2v) is 5.73. The Kier molecular flexibility index (Phi) is 5.25. The lowest BCUT2D eigenvalue weighted by Crippen LogP contribution is -2.34. The van der Waals surface area contributed by atoms with Gasteiger partial charge in [-0.2, -0.15) is 0 Å². The molecule has 8 heteroatoms. The Morgan fingerprint density at radius 2 is 2.11 bits per heavy atom. The van der Waals surface area contributed by atoms with E-state index in [0.717, 1.165) is 12.1 Å². The molecule has 1 amide bonds. The number of benzene rings is 1. The van der Waals surface area contributed by atoms with Crippen LogP contribution in [0.2, 0.25) is 0 Å². The van der Waals surface area contributed by atoms with Gasteiger partial charge in [0, 0.05) is 18.8 Å². The minimum Gasteiger partial charge on any atom is -0.398 e. The second kappa shape index (κ2) is 6.48. The summed E-state index contributed by atoms with van der Waals surface area (Å²) >= 11 is 0. The Labute approximate surface area is 111 Å². The van der Waals surface area contributed by atoms with Crippen LogP contribution in [0, 0.1) is 5.82 Å². The van der Waals surface area contributed by atoms with Crippen LogP contribution in [0.25, 0.3) is 0 Å². The Morgan fingerprint density at radius 3 is 2.68 bits per heavy atom. The number of nitrogen functional groups attached to an aromatic ring is 1. The number of halogens is 1. The maximum absolute atomic E-state index is 12.8. The largest absolute Gasteiger partial charge is 0.398 e. The third-order valence-electron chi connectivity index (χ3n) is 2.28. The van der Waals surface area contributed by atoms with Crippen LogP contribution in [0.15, 0.2) is 18.2 Å². The molecule has 4 N–H and O–H groups in total. The van der Waals surface area contributed by atoms with Crippen molar-refractivity contribution in [1.82, 2.24) is 10.0 Å². The number of sulfonamides is 1. The summed E-state index contributed by atoms with van der Waals surface area (Å²) in [6, 6.07) is 3.39. The van der Waals surface area contributed by atoms with Gasteiger partial charge in [-0.3, -0.25) is 4.79 Å². The van der Waals surface area contributed by atoms with Crippen molar-refractivity contribution < 1.29 is 17.6 Å². The zero-order chi connectivity index (χ0) is 14.5. The van der Waals surface area contributed by atoms with Gasteiger partial charge in [0.2, 0.25) is 10.0 Å². The lowest BCUT2D eigenvalue weighted by Gasteiger charge is -2.08. The first-order valence-electron chi connectivity index (χ1n) is 5.66. The zero-order valence-electron chi connectivity index (χ0n) is 10.4. The lowest BCUT2D eigenvalue weighted by molar-refractivity contribution is 0.0957. The highest BCUT2D eigenvalue weighted by Gasteiger charge is 2.12. The number of nitrogens with two attached hydrogens (primary N) is 1. The molecule has 0 radical (unpaired) electrons. The second-order valence-electron chi connectivity index (χ2n) is 3.80. The number of nitrogens with one attached hydrogen (secondary N) is 2. The van der Waals surface area contributed by atoms with Crippen LogP contribution in [-0.4, -0.2) is 33.2 Å². The summed E-state index contributed by atoms with van der Waals surface area (Å²) < 4.78 is 37.8. The number of carbonyl (C=O) groups is 1. The molecular formula is C11H16FN3O3S. The van der Waals surface area contributed by atoms with E-state index >= 15 is 0 Å². The number of anilines is 1. The maximum Gasteiger partial charge on any atom is 0.253 e. The Balaban J connectivity index is 2.57. The molecule has 0 fully saturated rings. The minimum absolute atomic E-state index is 0.00652. The van der Waals surface area contributed by atoms with Crippen molar-refractivity contribution in [3.63, 3.8) is 0 Å². The number of amides is 1. The minimum atomic E-state index is -3.38. The van der Waals surface area contributed by atoms with Gasteiger partial charge in [0.05, 0.1) is 11.3 Å². The van der Waals surface area contributed by atoms with Crippen molar-refractivity contribution in [3.05, 3.63) is 29.6 Å². The molecule has 0 spiro atoms. The summed E-state index contributed by atoms with van der Waals surface area (Å²) in [5.74, 6) is -1.30. The monoisotopic (exact) mass is 289 g/mol. The van der Waals surface area contributed by atoms with Crippen molar-refractivity contribution in [2.24, 2.45) is 0 Å². The maximum atomic E-state index is 12.8. The van der Waals surface area contributed by atoms with Crippen LogP contribution in [0.4, 0.5) is 10.1 Å². The molecule has 1 rings (SSSR count). The van der Waals surface area contributed by atoms with Crippen LogP contribution in [0.5, 0.6) is 0 Å². The number of carbonyl (C=O) groups excluding carboxylic acids is 1. The van der Waals surface area contributed by atoms with Crippen LogP contribution in [0.1, 0.15) is 17.3 Å². The van der Waals surface area contributed by atoms with Gasteiger partial charge in [-0.25, -0.2) is 17.5 Å². The smallest absolute Gasteiger partial charge is 0.253 e. The van der Waals surface area contributed by atoms with Crippen molar-refractivity contribution >= 4 is 21.6 Å². The van der Waals surface area contributed by atoms with E-state index in [1.54, 1.807) is 6.92 Å². The molecule has 0 saturated carbocycles. The molecule has 0 saturated heterocycles. The first-order chi connectivity index (χ1) is 8.85. The van der Waals surface area contributed by atoms with Gasteiger partial charge < -0.3 is 11.1 Å². The zero-order valence-corrected chi connectivity index (χ0v) is 11.3. The Morgan fingerprint density at radius 1 is 1.42 bits per heavy atom. The Bertz CT molecular complexity index is 560. The van der Waals surface area contributed by atoms with Crippen LogP contribution >= 0.6 is 0 Å². The normalized spacial score (nSPS) is 11.3. The van der Waals surface area contributed by atoms with Crippen LogP contribution < -0.4 is 15.8 Å². The average molecular weight is 289 g/mol.